The Morgan fingerprint density at radius 3 is 2.38 bits per heavy atom. The van der Waals surface area contributed by atoms with E-state index in [1.807, 2.05) is 0 Å². The van der Waals surface area contributed by atoms with Gasteiger partial charge in [-0.3, -0.25) is 0 Å². The molecule has 0 aromatic heterocycles. The van der Waals surface area contributed by atoms with E-state index in [9.17, 15) is 0 Å². The summed E-state index contributed by atoms with van der Waals surface area (Å²) < 4.78 is 0. The second-order valence-corrected chi connectivity index (χ2v) is 12.2. The van der Waals surface area contributed by atoms with Gasteiger partial charge in [-0.2, -0.15) is 0 Å². The zero-order valence-corrected chi connectivity index (χ0v) is 14.4. The van der Waals surface area contributed by atoms with E-state index < -0.39 is 8.07 Å². The van der Waals surface area contributed by atoms with Crippen LogP contribution in [0.15, 0.2) is 65.9 Å². The molecular weight excluding hydrogens is 268 g/mol. The summed E-state index contributed by atoms with van der Waals surface area (Å²) in [6.07, 6.45) is 7.29. The highest BCUT2D eigenvalue weighted by molar-refractivity contribution is 6.83. The molecule has 0 saturated heterocycles. The van der Waals surface area contributed by atoms with Crippen LogP contribution >= 0.6 is 0 Å². The number of benzene rings is 2. The van der Waals surface area contributed by atoms with Gasteiger partial charge in [-0.05, 0) is 22.3 Å². The van der Waals surface area contributed by atoms with Gasteiger partial charge in [0.25, 0.3) is 0 Å². The Morgan fingerprint density at radius 2 is 1.67 bits per heavy atom. The molecule has 0 aliphatic heterocycles. The Morgan fingerprint density at radius 1 is 0.952 bits per heavy atom. The topological polar surface area (TPSA) is 0 Å². The molecular formula is C20H24Si. The molecule has 0 amide bonds. The first-order valence-corrected chi connectivity index (χ1v) is 11.3. The molecule has 1 aliphatic rings. The van der Waals surface area contributed by atoms with Crippen LogP contribution in [0.4, 0.5) is 0 Å². The molecule has 0 saturated carbocycles. The summed E-state index contributed by atoms with van der Waals surface area (Å²) in [6.45, 7) is 9.64. The average molecular weight is 292 g/mol. The van der Waals surface area contributed by atoms with Crippen LogP contribution in [0.5, 0.6) is 0 Å². The van der Waals surface area contributed by atoms with Crippen molar-refractivity contribution in [3.8, 4) is 0 Å². The quantitative estimate of drug-likeness (QED) is 0.615. The van der Waals surface area contributed by atoms with Crippen LogP contribution in [-0.2, 0) is 0 Å². The standard InChI is InChI=1S/C20H24Si/c1-15(17-12-13-18(14-17)21(2,3)4)19-11-7-9-16-8-5-6-10-20(16)19/h5-15,17H,1-4H3. The Kier molecular flexibility index (Phi) is 3.62. The molecule has 0 spiro atoms. The van der Waals surface area contributed by atoms with Crippen molar-refractivity contribution in [3.05, 3.63) is 71.5 Å². The molecule has 0 N–H and O–H groups in total. The molecule has 0 nitrogen and oxygen atoms in total. The lowest BCUT2D eigenvalue weighted by Gasteiger charge is -2.20. The number of hydrogen-bond donors (Lipinski definition) is 0. The molecule has 0 bridgehead atoms. The molecule has 2 aromatic carbocycles. The van der Waals surface area contributed by atoms with Gasteiger partial charge in [0, 0.05) is 5.92 Å². The van der Waals surface area contributed by atoms with E-state index in [2.05, 4.69) is 87.3 Å². The lowest BCUT2D eigenvalue weighted by Crippen LogP contribution is -2.22. The summed E-state index contributed by atoms with van der Waals surface area (Å²) in [5.74, 6) is 1.07. The predicted molar refractivity (Wildman–Crippen MR) is 96.4 cm³/mol. The minimum absolute atomic E-state index is 0.529. The van der Waals surface area contributed by atoms with Gasteiger partial charge in [0.1, 0.15) is 0 Å². The number of fused-ring (bicyclic) bond motifs is 1. The van der Waals surface area contributed by atoms with Crippen molar-refractivity contribution in [2.24, 2.45) is 5.92 Å². The van der Waals surface area contributed by atoms with Crippen molar-refractivity contribution < 1.29 is 0 Å². The highest BCUT2D eigenvalue weighted by atomic mass is 28.3. The molecule has 2 atom stereocenters. The van der Waals surface area contributed by atoms with Gasteiger partial charge in [0.2, 0.25) is 0 Å². The largest absolute Gasteiger partial charge is 0.0778 e. The second-order valence-electron chi connectivity index (χ2n) is 7.17. The SMILES string of the molecule is CC(c1cccc2ccccc12)C1C=CC([Si](C)(C)C)=C1. The minimum Gasteiger partial charge on any atom is -0.0778 e. The summed E-state index contributed by atoms with van der Waals surface area (Å²) >= 11 is 0. The minimum atomic E-state index is -1.19. The van der Waals surface area contributed by atoms with Crippen molar-refractivity contribution in [3.63, 3.8) is 0 Å². The molecule has 2 unspecified atom stereocenters. The summed E-state index contributed by atoms with van der Waals surface area (Å²) in [4.78, 5) is 0. The van der Waals surface area contributed by atoms with E-state index in [4.69, 9.17) is 0 Å². The molecule has 0 radical (unpaired) electrons. The Hall–Kier alpha value is -1.60. The van der Waals surface area contributed by atoms with Crippen LogP contribution in [0.25, 0.3) is 10.8 Å². The zero-order chi connectivity index (χ0) is 15.0. The molecule has 0 fully saturated rings. The first-order chi connectivity index (χ1) is 9.97. The molecule has 1 heteroatoms. The smallest absolute Gasteiger partial charge is 0.0771 e. The second kappa shape index (κ2) is 5.30. The van der Waals surface area contributed by atoms with E-state index in [-0.39, 0.29) is 0 Å². The van der Waals surface area contributed by atoms with Gasteiger partial charge in [0.15, 0.2) is 0 Å². The van der Waals surface area contributed by atoms with Crippen molar-refractivity contribution in [1.82, 2.24) is 0 Å². The molecule has 3 rings (SSSR count). The molecule has 108 valence electrons. The maximum absolute atomic E-state index is 2.51. The van der Waals surface area contributed by atoms with E-state index in [1.54, 1.807) is 5.20 Å². The predicted octanol–water partition coefficient (Wildman–Crippen LogP) is 5.93. The monoisotopic (exact) mass is 292 g/mol. The van der Waals surface area contributed by atoms with Crippen molar-refractivity contribution >= 4 is 18.8 Å². The fraction of sp³-hybridized carbons (Fsp3) is 0.300. The Bertz CT molecular complexity index is 711. The number of hydrogen-bond acceptors (Lipinski definition) is 0. The molecule has 0 heterocycles. The molecule has 21 heavy (non-hydrogen) atoms. The summed E-state index contributed by atoms with van der Waals surface area (Å²) in [6, 6.07) is 15.4. The summed E-state index contributed by atoms with van der Waals surface area (Å²) in [7, 11) is -1.19. The van der Waals surface area contributed by atoms with Crippen LogP contribution in [0.2, 0.25) is 19.6 Å². The van der Waals surface area contributed by atoms with Crippen LogP contribution < -0.4 is 0 Å². The summed E-state index contributed by atoms with van der Waals surface area (Å²) in [5.41, 5.74) is 1.47. The number of allylic oxidation sites excluding steroid dienone is 4. The highest BCUT2D eigenvalue weighted by Gasteiger charge is 2.25. The van der Waals surface area contributed by atoms with Crippen LogP contribution in [0.1, 0.15) is 18.4 Å². The van der Waals surface area contributed by atoms with E-state index >= 15 is 0 Å². The fourth-order valence-electron chi connectivity index (χ4n) is 3.20. The van der Waals surface area contributed by atoms with Crippen LogP contribution in [0, 0.1) is 5.92 Å². The van der Waals surface area contributed by atoms with Crippen molar-refractivity contribution in [2.45, 2.75) is 32.5 Å². The first kappa shape index (κ1) is 14.3. The molecule has 2 aromatic rings. The van der Waals surface area contributed by atoms with Gasteiger partial charge >= 0.3 is 0 Å². The lowest BCUT2D eigenvalue weighted by atomic mass is 9.86. The van der Waals surface area contributed by atoms with Gasteiger partial charge < -0.3 is 0 Å². The lowest BCUT2D eigenvalue weighted by molar-refractivity contribution is 0.658. The zero-order valence-electron chi connectivity index (χ0n) is 13.4. The maximum Gasteiger partial charge on any atom is 0.0771 e. The van der Waals surface area contributed by atoms with Crippen molar-refractivity contribution in [1.29, 1.82) is 0 Å². The van der Waals surface area contributed by atoms with Crippen LogP contribution in [0.3, 0.4) is 0 Å². The number of rotatable bonds is 3. The average Bonchev–Trinajstić information content (AvgIpc) is 2.96. The third-order valence-corrected chi connectivity index (χ3v) is 6.69. The fourth-order valence-corrected chi connectivity index (χ4v) is 4.49. The highest BCUT2D eigenvalue weighted by Crippen LogP contribution is 2.36. The first-order valence-electron chi connectivity index (χ1n) is 7.85. The van der Waals surface area contributed by atoms with Gasteiger partial charge in [-0.1, -0.05) is 92.5 Å². The Balaban J connectivity index is 1.98. The maximum atomic E-state index is 2.51. The van der Waals surface area contributed by atoms with Gasteiger partial charge in [0.05, 0.1) is 8.07 Å². The van der Waals surface area contributed by atoms with Gasteiger partial charge in [-0.25, -0.2) is 0 Å². The normalized spacial score (nSPS) is 19.8. The van der Waals surface area contributed by atoms with E-state index in [0.29, 0.717) is 11.8 Å². The molecule has 1 aliphatic carbocycles. The third-order valence-electron chi connectivity index (χ3n) is 4.63. The third kappa shape index (κ3) is 2.75. The Labute approximate surface area is 129 Å². The van der Waals surface area contributed by atoms with Crippen LogP contribution in [-0.4, -0.2) is 8.07 Å². The van der Waals surface area contributed by atoms with E-state index in [1.165, 1.54) is 16.3 Å². The van der Waals surface area contributed by atoms with E-state index in [0.717, 1.165) is 0 Å². The van der Waals surface area contributed by atoms with Crippen molar-refractivity contribution in [2.75, 3.05) is 0 Å². The summed E-state index contributed by atoms with van der Waals surface area (Å²) in [5, 5.41) is 4.34. The van der Waals surface area contributed by atoms with Gasteiger partial charge in [-0.15, -0.1) is 0 Å².